The fourth-order valence-corrected chi connectivity index (χ4v) is 1.29. The van der Waals surface area contributed by atoms with Crippen LogP contribution in [-0.2, 0) is 7.05 Å². The summed E-state index contributed by atoms with van der Waals surface area (Å²) in [6.07, 6.45) is 3.32. The highest BCUT2D eigenvalue weighted by molar-refractivity contribution is 5.92. The lowest BCUT2D eigenvalue weighted by Gasteiger charge is -2.12. The molecule has 0 aliphatic rings. The Balaban J connectivity index is 0.00000225. The second-order valence-electron chi connectivity index (χ2n) is 3.59. The lowest BCUT2D eigenvalue weighted by atomic mass is 10.3. The minimum Gasteiger partial charge on any atom is -0.349 e. The monoisotopic (exact) mass is 246 g/mol. The van der Waals surface area contributed by atoms with Crippen LogP contribution in [0.25, 0.3) is 0 Å². The maximum Gasteiger partial charge on any atom is 0.271 e. The fourth-order valence-electron chi connectivity index (χ4n) is 1.29. The van der Waals surface area contributed by atoms with Crippen LogP contribution in [0.3, 0.4) is 0 Å². The zero-order chi connectivity index (χ0) is 11.3. The van der Waals surface area contributed by atoms with Gasteiger partial charge in [-0.2, -0.15) is 0 Å². The van der Waals surface area contributed by atoms with E-state index < -0.39 is 0 Å². The number of nitrogens with zero attached hydrogens (tertiary/aromatic N) is 2. The van der Waals surface area contributed by atoms with Crippen LogP contribution in [0.1, 0.15) is 24.3 Å². The van der Waals surface area contributed by atoms with E-state index in [0.717, 1.165) is 6.54 Å². The van der Waals surface area contributed by atoms with Crippen molar-refractivity contribution in [2.45, 2.75) is 19.9 Å². The second kappa shape index (κ2) is 7.24. The van der Waals surface area contributed by atoms with Gasteiger partial charge in [0.1, 0.15) is 5.69 Å². The lowest BCUT2D eigenvalue weighted by molar-refractivity contribution is 0.0945. The minimum absolute atomic E-state index is 0. The average Bonchev–Trinajstić information content (AvgIpc) is 2.62. The van der Waals surface area contributed by atoms with E-state index in [4.69, 9.17) is 0 Å². The number of halogens is 1. The first-order valence-corrected chi connectivity index (χ1v) is 5.13. The van der Waals surface area contributed by atoms with Gasteiger partial charge in [0, 0.05) is 25.8 Å². The number of nitrogens with one attached hydrogen (secondary N) is 2. The number of hydrogen-bond acceptors (Lipinski definition) is 3. The molecule has 0 saturated carbocycles. The normalized spacial score (nSPS) is 11.7. The summed E-state index contributed by atoms with van der Waals surface area (Å²) in [4.78, 5) is 15.5. The molecule has 0 spiro atoms. The van der Waals surface area contributed by atoms with Crippen molar-refractivity contribution in [3.8, 4) is 0 Å². The molecule has 92 valence electrons. The topological polar surface area (TPSA) is 58.9 Å². The van der Waals surface area contributed by atoms with Crippen molar-refractivity contribution < 1.29 is 4.79 Å². The smallest absolute Gasteiger partial charge is 0.271 e. The van der Waals surface area contributed by atoms with Crippen molar-refractivity contribution in [3.63, 3.8) is 0 Å². The Kier molecular flexibility index (Phi) is 6.76. The summed E-state index contributed by atoms with van der Waals surface area (Å²) in [5.41, 5.74) is 0.459. The van der Waals surface area contributed by atoms with E-state index in [1.807, 2.05) is 20.9 Å². The fraction of sp³-hybridized carbons (Fsp3) is 0.600. The number of aromatic nitrogens is 2. The molecule has 0 saturated heterocycles. The zero-order valence-electron chi connectivity index (χ0n) is 9.86. The molecular formula is C10H19ClN4O. The molecule has 0 radical (unpaired) electrons. The lowest BCUT2D eigenvalue weighted by Crippen LogP contribution is -2.38. The summed E-state index contributed by atoms with van der Waals surface area (Å²) in [6, 6.07) is 0.280. The molecule has 1 aromatic heterocycles. The van der Waals surface area contributed by atoms with E-state index in [1.165, 1.54) is 0 Å². The van der Waals surface area contributed by atoms with Crippen molar-refractivity contribution in [2.75, 3.05) is 13.1 Å². The van der Waals surface area contributed by atoms with Crippen LogP contribution in [0.4, 0.5) is 0 Å². The van der Waals surface area contributed by atoms with Crippen LogP contribution < -0.4 is 10.6 Å². The highest BCUT2D eigenvalue weighted by Crippen LogP contribution is 1.93. The summed E-state index contributed by atoms with van der Waals surface area (Å²) < 4.78 is 1.75. The summed E-state index contributed by atoms with van der Waals surface area (Å²) in [5, 5.41) is 6.04. The van der Waals surface area contributed by atoms with Crippen molar-refractivity contribution in [1.29, 1.82) is 0 Å². The molecule has 0 aromatic carbocycles. The van der Waals surface area contributed by atoms with E-state index in [0.29, 0.717) is 12.2 Å². The Hall–Kier alpha value is -1.07. The van der Waals surface area contributed by atoms with Gasteiger partial charge in [-0.25, -0.2) is 4.98 Å². The molecule has 0 unspecified atom stereocenters. The molecular weight excluding hydrogens is 228 g/mol. The van der Waals surface area contributed by atoms with Crippen molar-refractivity contribution in [3.05, 3.63) is 18.2 Å². The standard InChI is InChI=1S/C10H18N4O.ClH/c1-4-11-8(2)5-12-10(15)9-6-14(3)7-13-9;/h6-8,11H,4-5H2,1-3H3,(H,12,15);1H/t8-;/m1./s1. The van der Waals surface area contributed by atoms with Gasteiger partial charge in [-0.3, -0.25) is 4.79 Å². The Morgan fingerprint density at radius 3 is 2.81 bits per heavy atom. The minimum atomic E-state index is -0.125. The molecule has 5 nitrogen and oxygen atoms in total. The molecule has 0 fully saturated rings. The van der Waals surface area contributed by atoms with Gasteiger partial charge < -0.3 is 15.2 Å². The first-order valence-electron chi connectivity index (χ1n) is 5.13. The number of carbonyl (C=O) groups is 1. The van der Waals surface area contributed by atoms with Crippen LogP contribution in [0.2, 0.25) is 0 Å². The van der Waals surface area contributed by atoms with Gasteiger partial charge >= 0.3 is 0 Å². The van der Waals surface area contributed by atoms with E-state index in [1.54, 1.807) is 17.1 Å². The van der Waals surface area contributed by atoms with Crippen LogP contribution in [0, 0.1) is 0 Å². The predicted molar refractivity (Wildman–Crippen MR) is 65.9 cm³/mol. The van der Waals surface area contributed by atoms with Gasteiger partial charge in [0.15, 0.2) is 0 Å². The van der Waals surface area contributed by atoms with E-state index >= 15 is 0 Å². The molecule has 1 rings (SSSR count). The summed E-state index contributed by atoms with van der Waals surface area (Å²) in [7, 11) is 1.84. The highest BCUT2D eigenvalue weighted by atomic mass is 35.5. The predicted octanol–water partition coefficient (Wildman–Crippen LogP) is 0.570. The molecule has 1 heterocycles. The first-order chi connectivity index (χ1) is 7.13. The van der Waals surface area contributed by atoms with E-state index in [2.05, 4.69) is 15.6 Å². The maximum absolute atomic E-state index is 11.6. The Morgan fingerprint density at radius 2 is 2.31 bits per heavy atom. The second-order valence-corrected chi connectivity index (χ2v) is 3.59. The number of amides is 1. The number of likely N-dealkylation sites (N-methyl/N-ethyl adjacent to an activating group) is 1. The third kappa shape index (κ3) is 4.63. The van der Waals surface area contributed by atoms with Gasteiger partial charge in [0.05, 0.1) is 6.33 Å². The number of carbonyl (C=O) groups excluding carboxylic acids is 1. The van der Waals surface area contributed by atoms with Gasteiger partial charge in [-0.05, 0) is 13.5 Å². The summed E-state index contributed by atoms with van der Waals surface area (Å²) in [5.74, 6) is -0.125. The maximum atomic E-state index is 11.6. The van der Waals surface area contributed by atoms with Gasteiger partial charge in [-0.1, -0.05) is 6.92 Å². The van der Waals surface area contributed by atoms with Gasteiger partial charge in [0.2, 0.25) is 0 Å². The van der Waals surface area contributed by atoms with Crippen molar-refractivity contribution >= 4 is 18.3 Å². The van der Waals surface area contributed by atoms with Gasteiger partial charge in [0.25, 0.3) is 5.91 Å². The molecule has 6 heteroatoms. The van der Waals surface area contributed by atoms with Crippen LogP contribution >= 0.6 is 12.4 Å². The van der Waals surface area contributed by atoms with Gasteiger partial charge in [-0.15, -0.1) is 12.4 Å². The molecule has 1 amide bonds. The number of imidazole rings is 1. The largest absolute Gasteiger partial charge is 0.349 e. The molecule has 0 aliphatic carbocycles. The van der Waals surface area contributed by atoms with Crippen LogP contribution in [-0.4, -0.2) is 34.6 Å². The Labute approximate surface area is 102 Å². The number of hydrogen-bond donors (Lipinski definition) is 2. The Bertz CT molecular complexity index is 326. The molecule has 0 bridgehead atoms. The quantitative estimate of drug-likeness (QED) is 0.799. The highest BCUT2D eigenvalue weighted by Gasteiger charge is 2.09. The van der Waals surface area contributed by atoms with Crippen molar-refractivity contribution in [2.24, 2.45) is 7.05 Å². The Morgan fingerprint density at radius 1 is 1.62 bits per heavy atom. The molecule has 1 aromatic rings. The summed E-state index contributed by atoms with van der Waals surface area (Å²) >= 11 is 0. The van der Waals surface area contributed by atoms with E-state index in [9.17, 15) is 4.79 Å². The zero-order valence-corrected chi connectivity index (χ0v) is 10.7. The summed E-state index contributed by atoms with van der Waals surface area (Å²) in [6.45, 7) is 5.59. The number of rotatable bonds is 5. The van der Waals surface area contributed by atoms with Crippen molar-refractivity contribution in [1.82, 2.24) is 20.2 Å². The van der Waals surface area contributed by atoms with Crippen LogP contribution in [0.5, 0.6) is 0 Å². The molecule has 16 heavy (non-hydrogen) atoms. The molecule has 1 atom stereocenters. The van der Waals surface area contributed by atoms with E-state index in [-0.39, 0.29) is 24.4 Å². The third-order valence-corrected chi connectivity index (χ3v) is 2.06. The number of aryl methyl sites for hydroxylation is 1. The SMILES string of the molecule is CCN[C@H](C)CNC(=O)c1cn(C)cn1.Cl. The molecule has 0 aliphatic heterocycles. The third-order valence-electron chi connectivity index (χ3n) is 2.06. The average molecular weight is 247 g/mol. The first kappa shape index (κ1) is 14.9. The van der Waals surface area contributed by atoms with Crippen LogP contribution in [0.15, 0.2) is 12.5 Å². The molecule has 2 N–H and O–H groups in total.